The summed E-state index contributed by atoms with van der Waals surface area (Å²) in [6, 6.07) is 0. The molecule has 4 saturated carbocycles. The number of rotatable bonds is 2. The largest absolute Gasteiger partial charge is 0.481 e. The van der Waals surface area contributed by atoms with Gasteiger partial charge in [-0.15, -0.1) is 0 Å². The van der Waals surface area contributed by atoms with Crippen molar-refractivity contribution < 1.29 is 19.8 Å². The first-order valence-corrected chi connectivity index (χ1v) is 5.45. The van der Waals surface area contributed by atoms with E-state index in [-0.39, 0.29) is 5.92 Å². The first-order valence-electron chi connectivity index (χ1n) is 5.45. The first kappa shape index (κ1) is 9.19. The van der Waals surface area contributed by atoms with E-state index in [4.69, 9.17) is 0 Å². The van der Waals surface area contributed by atoms with Crippen LogP contribution in [0.3, 0.4) is 0 Å². The molecule has 0 spiro atoms. The monoisotopic (exact) mass is 210 g/mol. The average molecular weight is 210 g/mol. The van der Waals surface area contributed by atoms with Crippen molar-refractivity contribution in [2.24, 2.45) is 22.7 Å². The minimum absolute atomic E-state index is 0.116. The third-order valence-electron chi connectivity index (χ3n) is 4.90. The molecule has 0 heterocycles. The Bertz CT molecular complexity index is 362. The molecule has 4 aliphatic carbocycles. The summed E-state index contributed by atoms with van der Waals surface area (Å²) >= 11 is 0. The molecule has 4 atom stereocenters. The molecule has 4 fully saturated rings. The molecule has 4 nitrogen and oxygen atoms in total. The molecule has 0 radical (unpaired) electrons. The van der Waals surface area contributed by atoms with E-state index in [1.165, 1.54) is 0 Å². The lowest BCUT2D eigenvalue weighted by atomic mass is 9.67. The Labute approximate surface area is 87.3 Å². The summed E-state index contributed by atoms with van der Waals surface area (Å²) in [5.74, 6) is -1.09. The van der Waals surface area contributed by atoms with Gasteiger partial charge in [0.15, 0.2) is 0 Å². The second-order valence-electron chi connectivity index (χ2n) is 5.63. The average Bonchev–Trinajstić information content (AvgIpc) is 2.51. The Kier molecular flexibility index (Phi) is 1.45. The quantitative estimate of drug-likeness (QED) is 0.721. The van der Waals surface area contributed by atoms with Crippen LogP contribution in [0.25, 0.3) is 0 Å². The molecule has 0 aromatic heterocycles. The SMILES string of the molecule is O=C(O)C12CC3CC(C1)C(C(=O)O)(C3)C2. The van der Waals surface area contributed by atoms with Crippen molar-refractivity contribution in [3.63, 3.8) is 0 Å². The van der Waals surface area contributed by atoms with Crippen molar-refractivity contribution in [1.29, 1.82) is 0 Å². The molecular formula is C11H14O4. The summed E-state index contributed by atoms with van der Waals surface area (Å²) in [6.07, 6.45) is 3.30. The summed E-state index contributed by atoms with van der Waals surface area (Å²) < 4.78 is 0. The van der Waals surface area contributed by atoms with Gasteiger partial charge in [0, 0.05) is 0 Å². The Morgan fingerprint density at radius 3 is 2.33 bits per heavy atom. The number of carboxylic acid groups (broad SMARTS) is 2. The predicted molar refractivity (Wildman–Crippen MR) is 50.2 cm³/mol. The Hall–Kier alpha value is -1.06. The number of hydrogen-bond donors (Lipinski definition) is 2. The highest BCUT2D eigenvalue weighted by atomic mass is 16.4. The summed E-state index contributed by atoms with van der Waals surface area (Å²) in [6.45, 7) is 0. The van der Waals surface area contributed by atoms with Crippen LogP contribution in [0.5, 0.6) is 0 Å². The fourth-order valence-electron chi connectivity index (χ4n) is 4.49. The zero-order chi connectivity index (χ0) is 10.8. The van der Waals surface area contributed by atoms with Crippen LogP contribution >= 0.6 is 0 Å². The number of hydrogen-bond acceptors (Lipinski definition) is 2. The van der Waals surface area contributed by atoms with Crippen LogP contribution in [-0.2, 0) is 9.59 Å². The third-order valence-corrected chi connectivity index (χ3v) is 4.90. The van der Waals surface area contributed by atoms with Gasteiger partial charge in [0.25, 0.3) is 0 Å². The van der Waals surface area contributed by atoms with Crippen LogP contribution in [0.1, 0.15) is 32.1 Å². The van der Waals surface area contributed by atoms with Crippen LogP contribution < -0.4 is 0 Å². The highest BCUT2D eigenvalue weighted by Gasteiger charge is 2.69. The molecule has 0 saturated heterocycles. The fourth-order valence-corrected chi connectivity index (χ4v) is 4.49. The molecular weight excluding hydrogens is 196 g/mol. The molecule has 4 unspecified atom stereocenters. The molecule has 4 heteroatoms. The van der Waals surface area contributed by atoms with Gasteiger partial charge in [0.2, 0.25) is 0 Å². The lowest BCUT2D eigenvalue weighted by molar-refractivity contribution is -0.156. The maximum absolute atomic E-state index is 11.3. The second-order valence-corrected chi connectivity index (χ2v) is 5.63. The number of carbonyl (C=O) groups is 2. The van der Waals surface area contributed by atoms with E-state index < -0.39 is 22.8 Å². The van der Waals surface area contributed by atoms with E-state index in [2.05, 4.69) is 0 Å². The first-order chi connectivity index (χ1) is 6.98. The Morgan fingerprint density at radius 1 is 1.07 bits per heavy atom. The Balaban J connectivity index is 2.05. The van der Waals surface area contributed by atoms with Crippen molar-refractivity contribution in [3.05, 3.63) is 0 Å². The fraction of sp³-hybridized carbons (Fsp3) is 0.818. The van der Waals surface area contributed by atoms with Gasteiger partial charge in [0.05, 0.1) is 10.8 Å². The molecule has 4 aliphatic rings. The molecule has 0 aliphatic heterocycles. The zero-order valence-corrected chi connectivity index (χ0v) is 8.40. The van der Waals surface area contributed by atoms with E-state index >= 15 is 0 Å². The molecule has 82 valence electrons. The number of carboxylic acids is 2. The second kappa shape index (κ2) is 2.36. The minimum Gasteiger partial charge on any atom is -0.481 e. The maximum Gasteiger partial charge on any atom is 0.309 e. The summed E-state index contributed by atoms with van der Waals surface area (Å²) in [5.41, 5.74) is -1.40. The normalized spacial score (nSPS) is 50.9. The van der Waals surface area contributed by atoms with Gasteiger partial charge in [-0.3, -0.25) is 9.59 Å². The van der Waals surface area contributed by atoms with Gasteiger partial charge in [-0.05, 0) is 43.9 Å². The van der Waals surface area contributed by atoms with Crippen molar-refractivity contribution >= 4 is 11.9 Å². The van der Waals surface area contributed by atoms with Crippen LogP contribution in [0.15, 0.2) is 0 Å². The molecule has 0 aromatic rings. The van der Waals surface area contributed by atoms with Gasteiger partial charge >= 0.3 is 11.9 Å². The summed E-state index contributed by atoms with van der Waals surface area (Å²) in [5, 5.41) is 18.6. The topological polar surface area (TPSA) is 74.6 Å². The maximum atomic E-state index is 11.3. The minimum atomic E-state index is -0.778. The lowest BCUT2D eigenvalue weighted by Gasteiger charge is -2.36. The van der Waals surface area contributed by atoms with Crippen LogP contribution in [0, 0.1) is 22.7 Å². The molecule has 0 amide bonds. The van der Waals surface area contributed by atoms with Gasteiger partial charge in [-0.2, -0.15) is 0 Å². The van der Waals surface area contributed by atoms with E-state index in [1.807, 2.05) is 0 Å². The Morgan fingerprint density at radius 2 is 1.80 bits per heavy atom. The third kappa shape index (κ3) is 0.880. The zero-order valence-electron chi connectivity index (χ0n) is 8.40. The van der Waals surface area contributed by atoms with Crippen LogP contribution in [0.2, 0.25) is 0 Å². The smallest absolute Gasteiger partial charge is 0.309 e. The van der Waals surface area contributed by atoms with Gasteiger partial charge < -0.3 is 10.2 Å². The molecule has 0 aromatic carbocycles. The van der Waals surface area contributed by atoms with Gasteiger partial charge in [-0.1, -0.05) is 0 Å². The van der Waals surface area contributed by atoms with E-state index in [9.17, 15) is 19.8 Å². The van der Waals surface area contributed by atoms with Gasteiger partial charge in [0.1, 0.15) is 0 Å². The number of aliphatic carboxylic acids is 2. The van der Waals surface area contributed by atoms with Crippen molar-refractivity contribution in [2.75, 3.05) is 0 Å². The molecule has 4 bridgehead atoms. The van der Waals surface area contributed by atoms with E-state index in [0.717, 1.165) is 6.42 Å². The highest BCUT2D eigenvalue weighted by molar-refractivity contribution is 5.82. The van der Waals surface area contributed by atoms with Crippen LogP contribution in [0.4, 0.5) is 0 Å². The lowest BCUT2D eigenvalue weighted by Crippen LogP contribution is -2.39. The van der Waals surface area contributed by atoms with Crippen LogP contribution in [-0.4, -0.2) is 22.2 Å². The van der Waals surface area contributed by atoms with Crippen molar-refractivity contribution in [1.82, 2.24) is 0 Å². The highest BCUT2D eigenvalue weighted by Crippen LogP contribution is 2.70. The summed E-state index contributed by atoms with van der Waals surface area (Å²) in [7, 11) is 0. The molecule has 4 rings (SSSR count). The summed E-state index contributed by atoms with van der Waals surface area (Å²) in [4.78, 5) is 22.6. The molecule has 2 N–H and O–H groups in total. The predicted octanol–water partition coefficient (Wildman–Crippen LogP) is 1.35. The standard InChI is InChI=1S/C11H14O4/c12-8(13)10-2-6-1-7(4-10)11(3-6,5-10)9(14)15/h6-7H,1-5H2,(H,12,13)(H,14,15). The molecule has 15 heavy (non-hydrogen) atoms. The van der Waals surface area contributed by atoms with Gasteiger partial charge in [-0.25, -0.2) is 0 Å². The van der Waals surface area contributed by atoms with E-state index in [0.29, 0.717) is 31.6 Å². The van der Waals surface area contributed by atoms with Crippen molar-refractivity contribution in [3.8, 4) is 0 Å². The van der Waals surface area contributed by atoms with Crippen molar-refractivity contribution in [2.45, 2.75) is 32.1 Å². The van der Waals surface area contributed by atoms with E-state index in [1.54, 1.807) is 0 Å².